The summed E-state index contributed by atoms with van der Waals surface area (Å²) in [5, 5.41) is 10.6. The first-order valence-electron chi connectivity index (χ1n) is 9.13. The van der Waals surface area contributed by atoms with Gasteiger partial charge in [-0.25, -0.2) is 9.18 Å². The molecule has 1 N–H and O–H groups in total. The first kappa shape index (κ1) is 19.0. The van der Waals surface area contributed by atoms with E-state index >= 15 is 0 Å². The van der Waals surface area contributed by atoms with Crippen molar-refractivity contribution in [3.05, 3.63) is 47.9 Å². The molecule has 0 unspecified atom stereocenters. The van der Waals surface area contributed by atoms with E-state index in [0.717, 1.165) is 32.7 Å². The number of benzene rings is 1. The zero-order chi connectivity index (χ0) is 19.1. The van der Waals surface area contributed by atoms with Crippen LogP contribution in [0.1, 0.15) is 17.3 Å². The lowest BCUT2D eigenvalue weighted by Gasteiger charge is -2.35. The second-order valence-corrected chi connectivity index (χ2v) is 6.26. The summed E-state index contributed by atoms with van der Waals surface area (Å²) in [5.41, 5.74) is 0.745. The van der Waals surface area contributed by atoms with Crippen LogP contribution in [0.15, 0.2) is 36.5 Å². The van der Waals surface area contributed by atoms with Crippen LogP contribution in [-0.4, -0.2) is 66.9 Å². The predicted molar refractivity (Wildman–Crippen MR) is 102 cm³/mol. The number of anilines is 2. The Hall–Kier alpha value is -2.74. The Morgan fingerprint density at radius 3 is 2.74 bits per heavy atom. The van der Waals surface area contributed by atoms with Crippen LogP contribution in [0.5, 0.6) is 0 Å². The van der Waals surface area contributed by atoms with Crippen molar-refractivity contribution in [3.8, 4) is 0 Å². The lowest BCUT2D eigenvalue weighted by molar-refractivity contribution is 0.0520. The van der Waals surface area contributed by atoms with E-state index in [2.05, 4.69) is 27.3 Å². The molecule has 1 saturated heterocycles. The van der Waals surface area contributed by atoms with Crippen LogP contribution in [0.3, 0.4) is 0 Å². The van der Waals surface area contributed by atoms with Crippen LogP contribution in [-0.2, 0) is 4.74 Å². The summed E-state index contributed by atoms with van der Waals surface area (Å²) in [5.74, 6) is -0.337. The minimum atomic E-state index is -0.544. The number of nitrogens with zero attached hydrogens (tertiary/aromatic N) is 4. The Bertz CT molecular complexity index is 751. The Kier molecular flexibility index (Phi) is 6.54. The molecule has 144 valence electrons. The lowest BCUT2D eigenvalue weighted by Crippen LogP contribution is -2.46. The third-order valence-electron chi connectivity index (χ3n) is 4.56. The molecule has 0 amide bonds. The summed E-state index contributed by atoms with van der Waals surface area (Å²) in [7, 11) is 0. The van der Waals surface area contributed by atoms with E-state index in [1.165, 1.54) is 6.07 Å². The number of carbonyl (C=O) groups is 1. The van der Waals surface area contributed by atoms with Crippen LogP contribution in [0.4, 0.5) is 15.9 Å². The van der Waals surface area contributed by atoms with Gasteiger partial charge >= 0.3 is 5.97 Å². The normalized spacial score (nSPS) is 14.8. The molecule has 27 heavy (non-hydrogen) atoms. The molecule has 0 saturated carbocycles. The van der Waals surface area contributed by atoms with Gasteiger partial charge in [-0.1, -0.05) is 6.92 Å². The number of aromatic nitrogens is 2. The highest BCUT2D eigenvalue weighted by molar-refractivity contribution is 5.90. The van der Waals surface area contributed by atoms with Crippen LogP contribution >= 0.6 is 0 Å². The van der Waals surface area contributed by atoms with Gasteiger partial charge in [0.05, 0.1) is 17.8 Å². The maximum atomic E-state index is 14.5. The van der Waals surface area contributed by atoms with E-state index in [1.807, 2.05) is 4.90 Å². The van der Waals surface area contributed by atoms with Gasteiger partial charge in [-0.15, -0.1) is 5.10 Å². The molecule has 1 aliphatic heterocycles. The number of ether oxygens (including phenoxy) is 1. The average molecular weight is 373 g/mol. The first-order chi connectivity index (χ1) is 13.2. The number of esters is 1. The summed E-state index contributed by atoms with van der Waals surface area (Å²) in [4.78, 5) is 16.5. The SMILES string of the molecule is CCN1CCN(c2ccc(C(=O)OCCNc3cccnn3)cc2F)CC1. The molecular formula is C19H24FN5O2. The van der Waals surface area contributed by atoms with Crippen molar-refractivity contribution in [2.45, 2.75) is 6.92 Å². The minimum absolute atomic E-state index is 0.151. The van der Waals surface area contributed by atoms with E-state index in [4.69, 9.17) is 4.74 Å². The summed E-state index contributed by atoms with van der Waals surface area (Å²) in [6, 6.07) is 8.05. The summed E-state index contributed by atoms with van der Waals surface area (Å²) >= 11 is 0. The fourth-order valence-electron chi connectivity index (χ4n) is 3.00. The number of carbonyl (C=O) groups excluding carboxylic acids is 1. The Labute approximate surface area is 158 Å². The molecule has 0 aliphatic carbocycles. The molecular weight excluding hydrogens is 349 g/mol. The van der Waals surface area contributed by atoms with E-state index in [-0.39, 0.29) is 12.2 Å². The van der Waals surface area contributed by atoms with Gasteiger partial charge in [0.25, 0.3) is 0 Å². The molecule has 0 bridgehead atoms. The smallest absolute Gasteiger partial charge is 0.338 e. The highest BCUT2D eigenvalue weighted by Crippen LogP contribution is 2.22. The predicted octanol–water partition coefficient (Wildman–Crippen LogP) is 2.03. The van der Waals surface area contributed by atoms with Gasteiger partial charge in [0.15, 0.2) is 0 Å². The molecule has 1 fully saturated rings. The van der Waals surface area contributed by atoms with Gasteiger partial charge < -0.3 is 19.9 Å². The number of hydrogen-bond donors (Lipinski definition) is 1. The fourth-order valence-corrected chi connectivity index (χ4v) is 3.00. The largest absolute Gasteiger partial charge is 0.460 e. The van der Waals surface area contributed by atoms with Crippen LogP contribution in [0.25, 0.3) is 0 Å². The molecule has 2 heterocycles. The number of hydrogen-bond acceptors (Lipinski definition) is 7. The molecule has 8 heteroatoms. The van der Waals surface area contributed by atoms with Crippen molar-refractivity contribution >= 4 is 17.5 Å². The standard InChI is InChI=1S/C19H24FN5O2/c1-2-24-9-11-25(12-10-24)17-6-5-15(14-16(17)20)19(26)27-13-8-21-18-4-3-7-22-23-18/h3-7,14H,2,8-13H2,1H3,(H,21,23). The monoisotopic (exact) mass is 373 g/mol. The van der Waals surface area contributed by atoms with Crippen LogP contribution < -0.4 is 10.2 Å². The van der Waals surface area contributed by atoms with Crippen molar-refractivity contribution in [2.24, 2.45) is 0 Å². The highest BCUT2D eigenvalue weighted by atomic mass is 19.1. The second kappa shape index (κ2) is 9.27. The Morgan fingerprint density at radius 1 is 1.26 bits per heavy atom. The highest BCUT2D eigenvalue weighted by Gasteiger charge is 2.19. The molecule has 0 radical (unpaired) electrons. The van der Waals surface area contributed by atoms with Gasteiger partial charge in [0.1, 0.15) is 18.2 Å². The maximum absolute atomic E-state index is 14.5. The first-order valence-corrected chi connectivity index (χ1v) is 9.13. The van der Waals surface area contributed by atoms with Crippen molar-refractivity contribution in [1.29, 1.82) is 0 Å². The minimum Gasteiger partial charge on any atom is -0.460 e. The van der Waals surface area contributed by atoms with Gasteiger partial charge in [-0.2, -0.15) is 5.10 Å². The summed E-state index contributed by atoms with van der Waals surface area (Å²) in [6.07, 6.45) is 1.58. The Balaban J connectivity index is 1.50. The quantitative estimate of drug-likeness (QED) is 0.588. The zero-order valence-corrected chi connectivity index (χ0v) is 15.4. The number of nitrogens with one attached hydrogen (secondary N) is 1. The molecule has 1 aromatic heterocycles. The molecule has 0 spiro atoms. The summed E-state index contributed by atoms with van der Waals surface area (Å²) in [6.45, 7) is 7.07. The van der Waals surface area contributed by atoms with Crippen molar-refractivity contribution in [3.63, 3.8) is 0 Å². The van der Waals surface area contributed by atoms with Crippen molar-refractivity contribution in [1.82, 2.24) is 15.1 Å². The number of halogens is 1. The molecule has 2 aromatic rings. The van der Waals surface area contributed by atoms with E-state index in [9.17, 15) is 9.18 Å². The van der Waals surface area contributed by atoms with Crippen LogP contribution in [0.2, 0.25) is 0 Å². The van der Waals surface area contributed by atoms with Gasteiger partial charge in [0.2, 0.25) is 0 Å². The van der Waals surface area contributed by atoms with Crippen LogP contribution in [0, 0.1) is 5.82 Å². The Morgan fingerprint density at radius 2 is 2.07 bits per heavy atom. The molecule has 1 aliphatic rings. The second-order valence-electron chi connectivity index (χ2n) is 6.26. The van der Waals surface area contributed by atoms with Gasteiger partial charge in [-0.05, 0) is 36.9 Å². The lowest BCUT2D eigenvalue weighted by atomic mass is 10.1. The van der Waals surface area contributed by atoms with E-state index in [1.54, 1.807) is 30.5 Å². The summed E-state index contributed by atoms with van der Waals surface area (Å²) < 4.78 is 19.7. The fraction of sp³-hybridized carbons (Fsp3) is 0.421. The zero-order valence-electron chi connectivity index (χ0n) is 15.4. The molecule has 1 aromatic carbocycles. The van der Waals surface area contributed by atoms with E-state index in [0.29, 0.717) is 18.1 Å². The number of rotatable bonds is 7. The van der Waals surface area contributed by atoms with Crippen molar-refractivity contribution < 1.29 is 13.9 Å². The maximum Gasteiger partial charge on any atom is 0.338 e. The number of likely N-dealkylation sites (N-methyl/N-ethyl adjacent to an activating group) is 1. The number of piperazine rings is 1. The van der Waals surface area contributed by atoms with E-state index < -0.39 is 11.8 Å². The van der Waals surface area contributed by atoms with Crippen molar-refractivity contribution in [2.75, 3.05) is 56.1 Å². The van der Waals surface area contributed by atoms with Gasteiger partial charge in [0, 0.05) is 32.4 Å². The molecule has 3 rings (SSSR count). The average Bonchev–Trinajstić information content (AvgIpc) is 2.72. The third-order valence-corrected chi connectivity index (χ3v) is 4.56. The van der Waals surface area contributed by atoms with Gasteiger partial charge in [-0.3, -0.25) is 0 Å². The topological polar surface area (TPSA) is 70.6 Å². The molecule has 0 atom stereocenters. The molecule has 7 nitrogen and oxygen atoms in total. The third kappa shape index (κ3) is 5.13.